The van der Waals surface area contributed by atoms with Gasteiger partial charge in [-0.25, -0.2) is 4.98 Å². The SMILES string of the molecule is C=CCCn1ccnc1COCc1ccccc1. The van der Waals surface area contributed by atoms with Crippen LogP contribution in [0.25, 0.3) is 0 Å². The Kier molecular flexibility index (Phi) is 4.73. The zero-order chi connectivity index (χ0) is 12.6. The van der Waals surface area contributed by atoms with E-state index >= 15 is 0 Å². The van der Waals surface area contributed by atoms with Crippen molar-refractivity contribution in [2.45, 2.75) is 26.2 Å². The Bertz CT molecular complexity index is 476. The summed E-state index contributed by atoms with van der Waals surface area (Å²) in [6, 6.07) is 10.2. The largest absolute Gasteiger partial charge is 0.369 e. The van der Waals surface area contributed by atoms with Crippen molar-refractivity contribution >= 4 is 0 Å². The molecule has 0 aliphatic carbocycles. The van der Waals surface area contributed by atoms with Crippen LogP contribution in [0, 0.1) is 0 Å². The van der Waals surface area contributed by atoms with E-state index in [1.54, 1.807) is 0 Å². The van der Waals surface area contributed by atoms with Crippen LogP contribution in [0.15, 0.2) is 55.4 Å². The molecule has 2 aromatic rings. The highest BCUT2D eigenvalue weighted by molar-refractivity contribution is 5.13. The highest BCUT2D eigenvalue weighted by Crippen LogP contribution is 2.05. The number of rotatable bonds is 7. The Labute approximate surface area is 108 Å². The van der Waals surface area contributed by atoms with Gasteiger partial charge in [-0.05, 0) is 12.0 Å². The van der Waals surface area contributed by atoms with Crippen LogP contribution in [0.2, 0.25) is 0 Å². The molecular weight excluding hydrogens is 224 g/mol. The second-order valence-corrected chi connectivity index (χ2v) is 4.09. The van der Waals surface area contributed by atoms with E-state index in [4.69, 9.17) is 4.74 Å². The Hall–Kier alpha value is -1.87. The van der Waals surface area contributed by atoms with Gasteiger partial charge in [-0.1, -0.05) is 36.4 Å². The molecule has 0 saturated carbocycles. The predicted molar refractivity (Wildman–Crippen MR) is 72.0 cm³/mol. The van der Waals surface area contributed by atoms with Crippen molar-refractivity contribution in [2.75, 3.05) is 0 Å². The quantitative estimate of drug-likeness (QED) is 0.697. The summed E-state index contributed by atoms with van der Waals surface area (Å²) in [7, 11) is 0. The van der Waals surface area contributed by atoms with E-state index in [0.717, 1.165) is 18.8 Å². The fourth-order valence-corrected chi connectivity index (χ4v) is 1.75. The molecular formula is C15H18N2O. The lowest BCUT2D eigenvalue weighted by Crippen LogP contribution is -2.05. The van der Waals surface area contributed by atoms with Crippen LogP contribution in [0.5, 0.6) is 0 Å². The van der Waals surface area contributed by atoms with Gasteiger partial charge in [-0.15, -0.1) is 6.58 Å². The third kappa shape index (κ3) is 3.57. The smallest absolute Gasteiger partial charge is 0.134 e. The van der Waals surface area contributed by atoms with Gasteiger partial charge < -0.3 is 9.30 Å². The summed E-state index contributed by atoms with van der Waals surface area (Å²) in [5.74, 6) is 0.966. The molecule has 0 fully saturated rings. The van der Waals surface area contributed by atoms with E-state index in [1.165, 1.54) is 5.56 Å². The summed E-state index contributed by atoms with van der Waals surface area (Å²) in [6.07, 6.45) is 6.64. The monoisotopic (exact) mass is 242 g/mol. The number of imidazole rings is 1. The van der Waals surface area contributed by atoms with Gasteiger partial charge >= 0.3 is 0 Å². The molecule has 3 nitrogen and oxygen atoms in total. The first-order chi connectivity index (χ1) is 8.90. The Morgan fingerprint density at radius 3 is 2.83 bits per heavy atom. The first-order valence-electron chi connectivity index (χ1n) is 6.12. The molecule has 2 rings (SSSR count). The number of hydrogen-bond donors (Lipinski definition) is 0. The summed E-state index contributed by atoms with van der Waals surface area (Å²) in [5, 5.41) is 0. The van der Waals surface area contributed by atoms with Crippen molar-refractivity contribution in [2.24, 2.45) is 0 Å². The standard InChI is InChI=1S/C15H18N2O/c1-2-3-10-17-11-9-16-15(17)13-18-12-14-7-5-4-6-8-14/h2,4-9,11H,1,3,10,12-13H2. The minimum absolute atomic E-state index is 0.541. The molecule has 0 radical (unpaired) electrons. The Morgan fingerprint density at radius 1 is 1.22 bits per heavy atom. The molecule has 0 spiro atoms. The van der Waals surface area contributed by atoms with E-state index in [9.17, 15) is 0 Å². The van der Waals surface area contributed by atoms with Crippen LogP contribution >= 0.6 is 0 Å². The van der Waals surface area contributed by atoms with Gasteiger partial charge in [0.05, 0.1) is 6.61 Å². The topological polar surface area (TPSA) is 27.1 Å². The summed E-state index contributed by atoms with van der Waals surface area (Å²) in [4.78, 5) is 4.30. The maximum Gasteiger partial charge on any atom is 0.134 e. The fraction of sp³-hybridized carbons (Fsp3) is 0.267. The highest BCUT2D eigenvalue weighted by Gasteiger charge is 2.02. The average molecular weight is 242 g/mol. The summed E-state index contributed by atoms with van der Waals surface area (Å²) >= 11 is 0. The van der Waals surface area contributed by atoms with Crippen molar-refractivity contribution in [3.63, 3.8) is 0 Å². The third-order valence-electron chi connectivity index (χ3n) is 2.72. The lowest BCUT2D eigenvalue weighted by Gasteiger charge is -2.07. The number of hydrogen-bond acceptors (Lipinski definition) is 2. The zero-order valence-corrected chi connectivity index (χ0v) is 10.5. The first-order valence-corrected chi connectivity index (χ1v) is 6.12. The van der Waals surface area contributed by atoms with Gasteiger partial charge in [-0.2, -0.15) is 0 Å². The van der Waals surface area contributed by atoms with Gasteiger partial charge in [0.25, 0.3) is 0 Å². The number of nitrogens with zero attached hydrogens (tertiary/aromatic N) is 2. The van der Waals surface area contributed by atoms with Crippen LogP contribution < -0.4 is 0 Å². The zero-order valence-electron chi connectivity index (χ0n) is 10.5. The molecule has 0 amide bonds. The van der Waals surface area contributed by atoms with Crippen molar-refractivity contribution in [3.8, 4) is 0 Å². The fourth-order valence-electron chi connectivity index (χ4n) is 1.75. The Morgan fingerprint density at radius 2 is 2.06 bits per heavy atom. The molecule has 1 aromatic heterocycles. The maximum atomic E-state index is 5.68. The van der Waals surface area contributed by atoms with Crippen molar-refractivity contribution in [1.82, 2.24) is 9.55 Å². The van der Waals surface area contributed by atoms with E-state index < -0.39 is 0 Å². The normalized spacial score (nSPS) is 10.4. The molecule has 0 N–H and O–H groups in total. The molecule has 0 aliphatic rings. The molecule has 0 unspecified atom stereocenters. The maximum absolute atomic E-state index is 5.68. The molecule has 0 aliphatic heterocycles. The number of ether oxygens (including phenoxy) is 1. The summed E-state index contributed by atoms with van der Waals surface area (Å²) < 4.78 is 7.78. The number of benzene rings is 1. The lowest BCUT2D eigenvalue weighted by atomic mass is 10.2. The molecule has 94 valence electrons. The second-order valence-electron chi connectivity index (χ2n) is 4.09. The summed E-state index contributed by atoms with van der Waals surface area (Å²) in [6.45, 7) is 5.80. The second kappa shape index (κ2) is 6.77. The van der Waals surface area contributed by atoms with Crippen molar-refractivity contribution in [3.05, 3.63) is 66.8 Å². The van der Waals surface area contributed by atoms with Gasteiger partial charge in [0, 0.05) is 18.9 Å². The predicted octanol–water partition coefficient (Wildman–Crippen LogP) is 3.18. The van der Waals surface area contributed by atoms with E-state index in [1.807, 2.05) is 36.7 Å². The molecule has 0 atom stereocenters. The van der Waals surface area contributed by atoms with Gasteiger partial charge in [0.15, 0.2) is 0 Å². The number of aromatic nitrogens is 2. The molecule has 0 bridgehead atoms. The van der Waals surface area contributed by atoms with Crippen LogP contribution in [0.4, 0.5) is 0 Å². The molecule has 1 heterocycles. The van der Waals surface area contributed by atoms with Gasteiger partial charge in [0.1, 0.15) is 12.4 Å². The van der Waals surface area contributed by atoms with Crippen LogP contribution in [-0.2, 0) is 24.5 Å². The van der Waals surface area contributed by atoms with Gasteiger partial charge in [0.2, 0.25) is 0 Å². The van der Waals surface area contributed by atoms with E-state index in [2.05, 4.69) is 28.3 Å². The summed E-state index contributed by atoms with van der Waals surface area (Å²) in [5.41, 5.74) is 1.18. The highest BCUT2D eigenvalue weighted by atomic mass is 16.5. The van der Waals surface area contributed by atoms with Gasteiger partial charge in [-0.3, -0.25) is 0 Å². The van der Waals surface area contributed by atoms with E-state index in [0.29, 0.717) is 13.2 Å². The minimum atomic E-state index is 0.541. The molecule has 3 heteroatoms. The molecule has 18 heavy (non-hydrogen) atoms. The van der Waals surface area contributed by atoms with Crippen LogP contribution in [0.3, 0.4) is 0 Å². The average Bonchev–Trinajstić information content (AvgIpc) is 2.85. The lowest BCUT2D eigenvalue weighted by molar-refractivity contribution is 0.0993. The first kappa shape index (κ1) is 12.6. The third-order valence-corrected chi connectivity index (χ3v) is 2.72. The molecule has 1 aromatic carbocycles. The molecule has 0 saturated heterocycles. The Balaban J connectivity index is 1.83. The number of aryl methyl sites for hydroxylation is 1. The van der Waals surface area contributed by atoms with Crippen molar-refractivity contribution < 1.29 is 4.74 Å². The number of allylic oxidation sites excluding steroid dienone is 1. The van der Waals surface area contributed by atoms with E-state index in [-0.39, 0.29) is 0 Å². The minimum Gasteiger partial charge on any atom is -0.369 e. The van der Waals surface area contributed by atoms with Crippen LogP contribution in [-0.4, -0.2) is 9.55 Å². The van der Waals surface area contributed by atoms with Crippen LogP contribution in [0.1, 0.15) is 17.8 Å². The van der Waals surface area contributed by atoms with Crippen molar-refractivity contribution in [1.29, 1.82) is 0 Å².